The number of methoxy groups -OCH3 is 1. The molecule has 1 aliphatic rings. The highest BCUT2D eigenvalue weighted by Gasteiger charge is 2.26. The number of hydrogen-bond donors (Lipinski definition) is 1. The third-order valence-corrected chi connectivity index (χ3v) is 4.02. The van der Waals surface area contributed by atoms with Gasteiger partial charge in [-0.05, 0) is 7.05 Å². The molecular formula is C11H20N4O2S. The van der Waals surface area contributed by atoms with Gasteiger partial charge in [-0.15, -0.1) is 0 Å². The Bertz CT molecular complexity index is 374. The molecule has 0 aromatic carbocycles. The van der Waals surface area contributed by atoms with Gasteiger partial charge in [-0.3, -0.25) is 4.90 Å². The molecule has 0 bridgehead atoms. The molecule has 0 spiro atoms. The fourth-order valence-electron chi connectivity index (χ4n) is 1.94. The Morgan fingerprint density at radius 1 is 1.67 bits per heavy atom. The van der Waals surface area contributed by atoms with Crippen molar-refractivity contribution >= 4 is 11.8 Å². The summed E-state index contributed by atoms with van der Waals surface area (Å²) in [6, 6.07) is 0.154. The van der Waals surface area contributed by atoms with Crippen molar-refractivity contribution in [2.24, 2.45) is 5.73 Å². The highest BCUT2D eigenvalue weighted by atomic mass is 32.2. The van der Waals surface area contributed by atoms with Crippen LogP contribution in [0.5, 0.6) is 0 Å². The lowest BCUT2D eigenvalue weighted by Crippen LogP contribution is -2.33. The second-order valence-electron chi connectivity index (χ2n) is 4.54. The Morgan fingerprint density at radius 2 is 2.50 bits per heavy atom. The zero-order valence-electron chi connectivity index (χ0n) is 10.8. The molecule has 1 saturated heterocycles. The molecule has 2 rings (SSSR count). The molecule has 1 aromatic heterocycles. The van der Waals surface area contributed by atoms with Crippen LogP contribution in [0.1, 0.15) is 17.8 Å². The maximum atomic E-state index is 5.86. The van der Waals surface area contributed by atoms with Gasteiger partial charge in [0, 0.05) is 37.6 Å². The average molecular weight is 272 g/mol. The first kappa shape index (κ1) is 13.8. The molecule has 1 aromatic rings. The summed E-state index contributed by atoms with van der Waals surface area (Å²) in [5.41, 5.74) is 5.86. The average Bonchev–Trinajstić information content (AvgIpc) is 2.78. The van der Waals surface area contributed by atoms with Crippen molar-refractivity contribution in [2.75, 3.05) is 38.8 Å². The van der Waals surface area contributed by atoms with Crippen molar-refractivity contribution in [3.8, 4) is 0 Å². The Labute approximate surface area is 111 Å². The number of thioether (sulfide) groups is 1. The predicted molar refractivity (Wildman–Crippen MR) is 70.5 cm³/mol. The molecule has 2 heterocycles. The van der Waals surface area contributed by atoms with Gasteiger partial charge in [-0.1, -0.05) is 5.16 Å². The van der Waals surface area contributed by atoms with Gasteiger partial charge in [0.15, 0.2) is 5.82 Å². The first-order valence-corrected chi connectivity index (χ1v) is 7.21. The van der Waals surface area contributed by atoms with E-state index in [1.54, 1.807) is 7.11 Å². The Hall–Kier alpha value is -0.630. The van der Waals surface area contributed by atoms with Crippen molar-refractivity contribution in [1.82, 2.24) is 15.0 Å². The van der Waals surface area contributed by atoms with E-state index < -0.39 is 0 Å². The molecule has 18 heavy (non-hydrogen) atoms. The van der Waals surface area contributed by atoms with Gasteiger partial charge in [-0.2, -0.15) is 16.7 Å². The summed E-state index contributed by atoms with van der Waals surface area (Å²) in [6.07, 6.45) is 0.560. The standard InChI is InChI=1S/C11H20N4O2S/c1-15-3-4-18-7-9(15)11-13-10(17-14-11)5-8(12)6-16-2/h8-9H,3-7,12H2,1-2H3. The van der Waals surface area contributed by atoms with E-state index in [2.05, 4.69) is 22.1 Å². The van der Waals surface area contributed by atoms with Crippen LogP contribution in [0.3, 0.4) is 0 Å². The van der Waals surface area contributed by atoms with Crippen LogP contribution in [0, 0.1) is 0 Å². The molecule has 102 valence electrons. The van der Waals surface area contributed by atoms with Crippen molar-refractivity contribution in [1.29, 1.82) is 0 Å². The SMILES string of the molecule is COCC(N)Cc1nc(C2CSCCN2C)no1. The summed E-state index contributed by atoms with van der Waals surface area (Å²) >= 11 is 1.92. The largest absolute Gasteiger partial charge is 0.383 e. The smallest absolute Gasteiger partial charge is 0.228 e. The number of rotatable bonds is 5. The lowest BCUT2D eigenvalue weighted by molar-refractivity contribution is 0.176. The Morgan fingerprint density at radius 3 is 3.22 bits per heavy atom. The first-order valence-electron chi connectivity index (χ1n) is 6.05. The molecular weight excluding hydrogens is 252 g/mol. The molecule has 6 nitrogen and oxygen atoms in total. The molecule has 0 aliphatic carbocycles. The number of aromatic nitrogens is 2. The summed E-state index contributed by atoms with van der Waals surface area (Å²) in [6.45, 7) is 1.55. The molecule has 1 aliphatic heterocycles. The first-order chi connectivity index (χ1) is 8.70. The second-order valence-corrected chi connectivity index (χ2v) is 5.69. The monoisotopic (exact) mass is 272 g/mol. The quantitative estimate of drug-likeness (QED) is 0.826. The number of nitrogens with zero attached hydrogens (tertiary/aromatic N) is 3. The summed E-state index contributed by atoms with van der Waals surface area (Å²) in [5.74, 6) is 3.54. The van der Waals surface area contributed by atoms with E-state index >= 15 is 0 Å². The van der Waals surface area contributed by atoms with Gasteiger partial charge in [0.05, 0.1) is 12.6 Å². The van der Waals surface area contributed by atoms with Gasteiger partial charge >= 0.3 is 0 Å². The van der Waals surface area contributed by atoms with E-state index in [0.717, 1.165) is 23.9 Å². The van der Waals surface area contributed by atoms with Crippen molar-refractivity contribution in [3.63, 3.8) is 0 Å². The van der Waals surface area contributed by atoms with E-state index in [1.807, 2.05) is 11.8 Å². The van der Waals surface area contributed by atoms with E-state index in [4.69, 9.17) is 15.0 Å². The lowest BCUT2D eigenvalue weighted by atomic mass is 10.2. The Kier molecular flexibility index (Phi) is 4.99. The van der Waals surface area contributed by atoms with E-state index in [1.165, 1.54) is 0 Å². The molecule has 7 heteroatoms. The normalized spacial score (nSPS) is 23.2. The van der Waals surface area contributed by atoms with Gasteiger partial charge in [0.25, 0.3) is 0 Å². The molecule has 2 atom stereocenters. The lowest BCUT2D eigenvalue weighted by Gasteiger charge is -2.29. The molecule has 0 amide bonds. The number of ether oxygens (including phenoxy) is 1. The third kappa shape index (κ3) is 3.44. The highest BCUT2D eigenvalue weighted by molar-refractivity contribution is 7.99. The predicted octanol–water partition coefficient (Wildman–Crippen LogP) is 0.306. The summed E-state index contributed by atoms with van der Waals surface area (Å²) in [5, 5.41) is 4.07. The molecule has 0 radical (unpaired) electrons. The minimum Gasteiger partial charge on any atom is -0.383 e. The van der Waals surface area contributed by atoms with Crippen LogP contribution in [0.15, 0.2) is 4.52 Å². The summed E-state index contributed by atoms with van der Waals surface area (Å²) in [4.78, 5) is 6.70. The second kappa shape index (κ2) is 6.51. The van der Waals surface area contributed by atoms with Crippen LogP contribution in [-0.2, 0) is 11.2 Å². The van der Waals surface area contributed by atoms with Crippen LogP contribution in [0.2, 0.25) is 0 Å². The van der Waals surface area contributed by atoms with Crippen LogP contribution >= 0.6 is 11.8 Å². The molecule has 2 N–H and O–H groups in total. The van der Waals surface area contributed by atoms with E-state index in [0.29, 0.717) is 18.9 Å². The van der Waals surface area contributed by atoms with Gasteiger partial charge in [-0.25, -0.2) is 0 Å². The van der Waals surface area contributed by atoms with Crippen LogP contribution in [-0.4, -0.2) is 59.9 Å². The minimum atomic E-state index is -0.0956. The minimum absolute atomic E-state index is 0.0956. The summed E-state index contributed by atoms with van der Waals surface area (Å²) in [7, 11) is 3.73. The fourth-order valence-corrected chi connectivity index (χ4v) is 3.15. The Balaban J connectivity index is 1.96. The summed E-state index contributed by atoms with van der Waals surface area (Å²) < 4.78 is 10.2. The van der Waals surface area contributed by atoms with E-state index in [-0.39, 0.29) is 12.1 Å². The van der Waals surface area contributed by atoms with Gasteiger partial charge in [0.2, 0.25) is 5.89 Å². The van der Waals surface area contributed by atoms with Crippen LogP contribution in [0.4, 0.5) is 0 Å². The zero-order valence-corrected chi connectivity index (χ0v) is 11.7. The highest BCUT2D eigenvalue weighted by Crippen LogP contribution is 2.26. The fraction of sp³-hybridized carbons (Fsp3) is 0.818. The van der Waals surface area contributed by atoms with Crippen LogP contribution < -0.4 is 5.73 Å². The van der Waals surface area contributed by atoms with E-state index in [9.17, 15) is 0 Å². The van der Waals surface area contributed by atoms with Gasteiger partial charge < -0.3 is 15.0 Å². The third-order valence-electron chi connectivity index (χ3n) is 3.00. The zero-order chi connectivity index (χ0) is 13.0. The number of nitrogens with two attached hydrogens (primary N) is 1. The molecule has 1 fully saturated rings. The molecule has 2 unspecified atom stereocenters. The van der Waals surface area contributed by atoms with Crippen molar-refractivity contribution in [2.45, 2.75) is 18.5 Å². The molecule has 0 saturated carbocycles. The topological polar surface area (TPSA) is 77.4 Å². The number of hydrogen-bond acceptors (Lipinski definition) is 7. The maximum Gasteiger partial charge on any atom is 0.228 e. The van der Waals surface area contributed by atoms with Gasteiger partial charge in [0.1, 0.15) is 0 Å². The van der Waals surface area contributed by atoms with Crippen molar-refractivity contribution < 1.29 is 9.26 Å². The maximum absolute atomic E-state index is 5.86. The van der Waals surface area contributed by atoms with Crippen LogP contribution in [0.25, 0.3) is 0 Å². The van der Waals surface area contributed by atoms with Crippen molar-refractivity contribution in [3.05, 3.63) is 11.7 Å².